The van der Waals surface area contributed by atoms with Crippen LogP contribution >= 0.6 is 0 Å². The number of ether oxygens (including phenoxy) is 2. The predicted molar refractivity (Wildman–Crippen MR) is 78.4 cm³/mol. The highest BCUT2D eigenvalue weighted by atomic mass is 16.5. The lowest BCUT2D eigenvalue weighted by molar-refractivity contribution is -0.130. The number of para-hydroxylation sites is 2. The van der Waals surface area contributed by atoms with E-state index >= 15 is 0 Å². The Balaban J connectivity index is 1.82. The predicted octanol–water partition coefficient (Wildman–Crippen LogP) is 2.53. The number of hydrogen-bond donors (Lipinski definition) is 0. The molecule has 4 nitrogen and oxygen atoms in total. The summed E-state index contributed by atoms with van der Waals surface area (Å²) in [6.07, 6.45) is 0.597. The number of benzene rings is 2. The van der Waals surface area contributed by atoms with Crippen LogP contribution in [0.3, 0.4) is 0 Å². The fraction of sp³-hybridized carbons (Fsp3) is 0.176. The zero-order chi connectivity index (χ0) is 14.9. The lowest BCUT2D eigenvalue weighted by Gasteiger charge is -2.12. The van der Waals surface area contributed by atoms with Crippen molar-refractivity contribution in [3.05, 3.63) is 60.7 Å². The molecule has 0 aliphatic heterocycles. The van der Waals surface area contributed by atoms with E-state index in [2.05, 4.69) is 0 Å². The Morgan fingerprint density at radius 2 is 1.43 bits per heavy atom. The van der Waals surface area contributed by atoms with E-state index in [0.29, 0.717) is 17.8 Å². The Bertz CT molecular complexity index is 566. The number of carbonyl (C=O) groups is 2. The van der Waals surface area contributed by atoms with E-state index < -0.39 is 5.92 Å². The van der Waals surface area contributed by atoms with Gasteiger partial charge in [0.25, 0.3) is 0 Å². The molecule has 108 valence electrons. The van der Waals surface area contributed by atoms with Crippen LogP contribution in [0.4, 0.5) is 0 Å². The fourth-order valence-electron chi connectivity index (χ4n) is 1.69. The molecule has 0 saturated heterocycles. The summed E-state index contributed by atoms with van der Waals surface area (Å²) < 4.78 is 10.8. The molecule has 2 aromatic carbocycles. The highest BCUT2D eigenvalue weighted by Crippen LogP contribution is 2.11. The molecule has 0 radical (unpaired) electrons. The van der Waals surface area contributed by atoms with Crippen molar-refractivity contribution in [2.75, 3.05) is 13.2 Å². The van der Waals surface area contributed by atoms with E-state index in [4.69, 9.17) is 9.47 Å². The average Bonchev–Trinajstić information content (AvgIpc) is 2.55. The van der Waals surface area contributed by atoms with Crippen molar-refractivity contribution in [1.29, 1.82) is 0 Å². The Morgan fingerprint density at radius 1 is 0.905 bits per heavy atom. The van der Waals surface area contributed by atoms with Gasteiger partial charge in [-0.25, -0.2) is 0 Å². The van der Waals surface area contributed by atoms with Gasteiger partial charge < -0.3 is 14.3 Å². The Hall–Kier alpha value is -2.62. The molecule has 21 heavy (non-hydrogen) atoms. The maximum atomic E-state index is 11.9. The summed E-state index contributed by atoms with van der Waals surface area (Å²) in [6.45, 7) is -0.129. The molecule has 0 heterocycles. The second-order valence-corrected chi connectivity index (χ2v) is 4.43. The van der Waals surface area contributed by atoms with E-state index in [1.165, 1.54) is 0 Å². The van der Waals surface area contributed by atoms with Gasteiger partial charge in [-0.3, -0.25) is 4.79 Å². The highest BCUT2D eigenvalue weighted by Gasteiger charge is 2.19. The molecule has 0 aliphatic rings. The van der Waals surface area contributed by atoms with Crippen LogP contribution in [0, 0.1) is 5.92 Å². The fourth-order valence-corrected chi connectivity index (χ4v) is 1.69. The van der Waals surface area contributed by atoms with E-state index in [0.717, 1.165) is 0 Å². The van der Waals surface area contributed by atoms with Gasteiger partial charge in [0.2, 0.25) is 0 Å². The molecule has 1 atom stereocenters. The summed E-state index contributed by atoms with van der Waals surface area (Å²) in [6, 6.07) is 18.1. The van der Waals surface area contributed by atoms with Gasteiger partial charge in [0.1, 0.15) is 36.9 Å². The average molecular weight is 284 g/mol. The van der Waals surface area contributed by atoms with Crippen LogP contribution in [0.15, 0.2) is 60.7 Å². The van der Waals surface area contributed by atoms with Crippen molar-refractivity contribution < 1.29 is 19.1 Å². The van der Waals surface area contributed by atoms with Gasteiger partial charge >= 0.3 is 0 Å². The first kappa shape index (κ1) is 14.8. The molecule has 2 rings (SSSR count). The van der Waals surface area contributed by atoms with Crippen LogP contribution in [0.5, 0.6) is 11.5 Å². The van der Waals surface area contributed by atoms with Crippen molar-refractivity contribution in [2.24, 2.45) is 5.92 Å². The van der Waals surface area contributed by atoms with Gasteiger partial charge in [-0.15, -0.1) is 0 Å². The number of ketones is 1. The highest BCUT2D eigenvalue weighted by molar-refractivity contribution is 5.94. The summed E-state index contributed by atoms with van der Waals surface area (Å²) in [4.78, 5) is 23.0. The zero-order valence-electron chi connectivity index (χ0n) is 11.5. The molecule has 0 aliphatic carbocycles. The number of rotatable bonds is 8. The molecule has 0 amide bonds. The quantitative estimate of drug-likeness (QED) is 0.552. The first-order valence-electron chi connectivity index (χ1n) is 6.63. The van der Waals surface area contributed by atoms with Gasteiger partial charge in [-0.2, -0.15) is 0 Å². The lowest BCUT2D eigenvalue weighted by Crippen LogP contribution is -2.28. The molecular weight excluding hydrogens is 268 g/mol. The lowest BCUT2D eigenvalue weighted by atomic mass is 10.1. The van der Waals surface area contributed by atoms with E-state index in [9.17, 15) is 9.59 Å². The molecule has 4 heteroatoms. The monoisotopic (exact) mass is 284 g/mol. The third kappa shape index (κ3) is 4.76. The van der Waals surface area contributed by atoms with Crippen molar-refractivity contribution in [1.82, 2.24) is 0 Å². The Kier molecular flexibility index (Phi) is 5.52. The van der Waals surface area contributed by atoms with Gasteiger partial charge in [-0.1, -0.05) is 36.4 Å². The van der Waals surface area contributed by atoms with Crippen LogP contribution in [0.2, 0.25) is 0 Å². The van der Waals surface area contributed by atoms with Crippen LogP contribution in [0.25, 0.3) is 0 Å². The third-order valence-electron chi connectivity index (χ3n) is 2.87. The van der Waals surface area contributed by atoms with Gasteiger partial charge in [0.15, 0.2) is 5.78 Å². The minimum Gasteiger partial charge on any atom is -0.492 e. The Morgan fingerprint density at radius 3 is 1.95 bits per heavy atom. The molecule has 0 fully saturated rings. The van der Waals surface area contributed by atoms with E-state index in [1.54, 1.807) is 24.3 Å². The molecule has 0 N–H and O–H groups in total. The normalized spacial score (nSPS) is 11.4. The molecule has 0 bridgehead atoms. The van der Waals surface area contributed by atoms with Crippen LogP contribution in [-0.4, -0.2) is 25.3 Å². The van der Waals surface area contributed by atoms with Crippen molar-refractivity contribution in [2.45, 2.75) is 0 Å². The van der Waals surface area contributed by atoms with Crippen LogP contribution < -0.4 is 9.47 Å². The summed E-state index contributed by atoms with van der Waals surface area (Å²) in [7, 11) is 0. The maximum absolute atomic E-state index is 11.9. The van der Waals surface area contributed by atoms with E-state index in [-0.39, 0.29) is 19.0 Å². The van der Waals surface area contributed by atoms with Crippen LogP contribution in [-0.2, 0) is 9.59 Å². The minimum atomic E-state index is -0.825. The number of aldehydes is 1. The van der Waals surface area contributed by atoms with Gasteiger partial charge in [-0.05, 0) is 24.3 Å². The summed E-state index contributed by atoms with van der Waals surface area (Å²) in [5.74, 6) is 0.0966. The molecular formula is C17H16O4. The zero-order valence-corrected chi connectivity index (χ0v) is 11.5. The SMILES string of the molecule is O=CC(COc1ccccc1)C(=O)COc1ccccc1. The van der Waals surface area contributed by atoms with Crippen molar-refractivity contribution in [3.63, 3.8) is 0 Å². The molecule has 0 aromatic heterocycles. The van der Waals surface area contributed by atoms with Gasteiger partial charge in [0.05, 0.1) is 0 Å². The van der Waals surface area contributed by atoms with E-state index in [1.807, 2.05) is 36.4 Å². The molecule has 2 aromatic rings. The summed E-state index contributed by atoms with van der Waals surface area (Å²) >= 11 is 0. The second kappa shape index (κ2) is 7.85. The van der Waals surface area contributed by atoms with Gasteiger partial charge in [0, 0.05) is 0 Å². The summed E-state index contributed by atoms with van der Waals surface area (Å²) in [5.41, 5.74) is 0. The third-order valence-corrected chi connectivity index (χ3v) is 2.87. The number of carbonyl (C=O) groups excluding carboxylic acids is 2. The summed E-state index contributed by atoms with van der Waals surface area (Å²) in [5, 5.41) is 0. The maximum Gasteiger partial charge on any atom is 0.183 e. The number of Topliss-reactive ketones (excluding diaryl/α,β-unsaturated/α-hetero) is 1. The first-order chi connectivity index (χ1) is 10.3. The second-order valence-electron chi connectivity index (χ2n) is 4.43. The van der Waals surface area contributed by atoms with Crippen molar-refractivity contribution >= 4 is 12.1 Å². The molecule has 1 unspecified atom stereocenters. The first-order valence-corrected chi connectivity index (χ1v) is 6.63. The number of hydrogen-bond acceptors (Lipinski definition) is 4. The minimum absolute atomic E-state index is 0.0183. The van der Waals surface area contributed by atoms with Crippen molar-refractivity contribution in [3.8, 4) is 11.5 Å². The topological polar surface area (TPSA) is 52.6 Å². The largest absolute Gasteiger partial charge is 0.492 e. The smallest absolute Gasteiger partial charge is 0.183 e. The molecule has 0 saturated carbocycles. The van der Waals surface area contributed by atoms with Crippen LogP contribution in [0.1, 0.15) is 0 Å². The Labute approximate surface area is 123 Å². The standard InChI is InChI=1S/C17H16O4/c18-11-14(12-20-15-7-3-1-4-8-15)17(19)13-21-16-9-5-2-6-10-16/h1-11,14H,12-13H2. The molecule has 0 spiro atoms.